The zero-order valence-electron chi connectivity index (χ0n) is 14.5. The van der Waals surface area contributed by atoms with Crippen LogP contribution in [-0.2, 0) is 17.6 Å². The number of ether oxygens (including phenoxy) is 1. The third-order valence-corrected chi connectivity index (χ3v) is 5.71. The molecule has 8 heteroatoms. The molecular formula is C19H18N4O3S. The van der Waals surface area contributed by atoms with Crippen LogP contribution >= 0.6 is 11.3 Å². The molecule has 0 aliphatic heterocycles. The molecule has 0 radical (unpaired) electrons. The van der Waals surface area contributed by atoms with Crippen molar-refractivity contribution in [1.82, 2.24) is 9.97 Å². The van der Waals surface area contributed by atoms with Crippen LogP contribution in [0.3, 0.4) is 0 Å². The maximum Gasteiger partial charge on any atom is 0.262 e. The van der Waals surface area contributed by atoms with E-state index in [0.717, 1.165) is 29.5 Å². The number of fused-ring (bicyclic) bond motifs is 3. The fourth-order valence-electron chi connectivity index (χ4n) is 3.22. The average Bonchev–Trinajstić information content (AvgIpc) is 3.06. The summed E-state index contributed by atoms with van der Waals surface area (Å²) >= 11 is 1.68. The summed E-state index contributed by atoms with van der Waals surface area (Å²) in [6.45, 7) is -0.158. The van der Waals surface area contributed by atoms with Gasteiger partial charge in [-0.25, -0.2) is 9.97 Å². The highest BCUT2D eigenvalue weighted by atomic mass is 32.1. The number of carbonyl (C=O) groups is 2. The first kappa shape index (κ1) is 17.4. The summed E-state index contributed by atoms with van der Waals surface area (Å²) in [5.41, 5.74) is 7.42. The number of hydrogen-bond donors (Lipinski definition) is 2. The number of aromatic nitrogens is 2. The van der Waals surface area contributed by atoms with Crippen LogP contribution in [-0.4, -0.2) is 28.4 Å². The molecule has 138 valence electrons. The van der Waals surface area contributed by atoms with Crippen LogP contribution in [0.2, 0.25) is 0 Å². The van der Waals surface area contributed by atoms with Crippen LogP contribution in [0.1, 0.15) is 33.6 Å². The maximum atomic E-state index is 12.2. The minimum absolute atomic E-state index is 0.158. The third-order valence-electron chi connectivity index (χ3n) is 4.51. The predicted molar refractivity (Wildman–Crippen MR) is 103 cm³/mol. The SMILES string of the molecule is NC(=O)c1ccc(NC(=O)COc2ncnc3sc4c(c23)CCCC4)cc1. The molecule has 1 aliphatic carbocycles. The number of aryl methyl sites for hydroxylation is 2. The van der Waals surface area contributed by atoms with Crippen LogP contribution in [0.5, 0.6) is 5.88 Å². The normalized spacial score (nSPS) is 13.2. The fraction of sp³-hybridized carbons (Fsp3) is 0.263. The number of benzene rings is 1. The predicted octanol–water partition coefficient (Wildman–Crippen LogP) is 2.69. The van der Waals surface area contributed by atoms with Gasteiger partial charge in [0.25, 0.3) is 5.91 Å². The Morgan fingerprint density at radius 2 is 1.93 bits per heavy atom. The van der Waals surface area contributed by atoms with Crippen LogP contribution in [0.25, 0.3) is 10.2 Å². The van der Waals surface area contributed by atoms with Crippen molar-refractivity contribution in [2.75, 3.05) is 11.9 Å². The van der Waals surface area contributed by atoms with Crippen molar-refractivity contribution in [3.8, 4) is 5.88 Å². The Kier molecular flexibility index (Phi) is 4.72. The Hall–Kier alpha value is -3.00. The molecule has 0 atom stereocenters. The number of nitrogens with two attached hydrogens (primary N) is 1. The van der Waals surface area contributed by atoms with Gasteiger partial charge in [-0.05, 0) is 55.5 Å². The van der Waals surface area contributed by atoms with Crippen molar-refractivity contribution in [2.24, 2.45) is 5.73 Å². The Morgan fingerprint density at radius 1 is 1.15 bits per heavy atom. The molecular weight excluding hydrogens is 364 g/mol. The van der Waals surface area contributed by atoms with Crippen molar-refractivity contribution < 1.29 is 14.3 Å². The van der Waals surface area contributed by atoms with E-state index in [1.54, 1.807) is 35.6 Å². The van der Waals surface area contributed by atoms with Crippen molar-refractivity contribution in [3.05, 3.63) is 46.6 Å². The van der Waals surface area contributed by atoms with Crippen molar-refractivity contribution in [3.63, 3.8) is 0 Å². The van der Waals surface area contributed by atoms with Gasteiger partial charge in [-0.2, -0.15) is 0 Å². The summed E-state index contributed by atoms with van der Waals surface area (Å²) < 4.78 is 5.71. The molecule has 2 heterocycles. The van der Waals surface area contributed by atoms with Gasteiger partial charge in [-0.1, -0.05) is 0 Å². The highest BCUT2D eigenvalue weighted by molar-refractivity contribution is 7.18. The summed E-state index contributed by atoms with van der Waals surface area (Å²) in [6, 6.07) is 6.36. The van der Waals surface area contributed by atoms with E-state index in [-0.39, 0.29) is 12.5 Å². The minimum Gasteiger partial charge on any atom is -0.467 e. The van der Waals surface area contributed by atoms with Crippen molar-refractivity contribution >= 4 is 39.1 Å². The van der Waals surface area contributed by atoms with Gasteiger partial charge in [0, 0.05) is 16.1 Å². The molecule has 2 aromatic heterocycles. The molecule has 4 rings (SSSR count). The molecule has 3 aromatic rings. The second-order valence-electron chi connectivity index (χ2n) is 6.35. The smallest absolute Gasteiger partial charge is 0.262 e. The minimum atomic E-state index is -0.511. The number of hydrogen-bond acceptors (Lipinski definition) is 6. The zero-order chi connectivity index (χ0) is 18.8. The first-order valence-electron chi connectivity index (χ1n) is 8.69. The topological polar surface area (TPSA) is 107 Å². The molecule has 27 heavy (non-hydrogen) atoms. The van der Waals surface area contributed by atoms with E-state index in [0.29, 0.717) is 17.1 Å². The number of rotatable bonds is 5. The molecule has 2 amide bonds. The molecule has 0 fully saturated rings. The maximum absolute atomic E-state index is 12.2. The van der Waals surface area contributed by atoms with E-state index < -0.39 is 5.91 Å². The van der Waals surface area contributed by atoms with Crippen molar-refractivity contribution in [2.45, 2.75) is 25.7 Å². The van der Waals surface area contributed by atoms with E-state index in [4.69, 9.17) is 10.5 Å². The lowest BCUT2D eigenvalue weighted by molar-refractivity contribution is -0.118. The van der Waals surface area contributed by atoms with E-state index in [1.165, 1.54) is 23.2 Å². The number of anilines is 1. The third kappa shape index (κ3) is 3.61. The van der Waals surface area contributed by atoms with Crippen LogP contribution in [0.15, 0.2) is 30.6 Å². The first-order valence-corrected chi connectivity index (χ1v) is 9.51. The van der Waals surface area contributed by atoms with E-state index in [9.17, 15) is 9.59 Å². The number of carbonyl (C=O) groups excluding carboxylic acids is 2. The zero-order valence-corrected chi connectivity index (χ0v) is 15.3. The molecule has 7 nitrogen and oxygen atoms in total. The summed E-state index contributed by atoms with van der Waals surface area (Å²) in [5.74, 6) is -0.362. The average molecular weight is 382 g/mol. The van der Waals surface area contributed by atoms with E-state index >= 15 is 0 Å². The van der Waals surface area contributed by atoms with Gasteiger partial charge in [0.05, 0.1) is 5.39 Å². The molecule has 3 N–H and O–H groups in total. The standard InChI is InChI=1S/C19H18N4O3S/c20-17(25)11-5-7-12(8-6-11)23-15(24)9-26-18-16-13-3-1-2-4-14(13)27-19(16)22-10-21-18/h5-8,10H,1-4,9H2,(H2,20,25)(H,23,24). The van der Waals surface area contributed by atoms with Gasteiger partial charge < -0.3 is 15.8 Å². The Labute approximate surface area is 159 Å². The van der Waals surface area contributed by atoms with Gasteiger partial charge in [0.2, 0.25) is 11.8 Å². The summed E-state index contributed by atoms with van der Waals surface area (Å²) in [7, 11) is 0. The lowest BCUT2D eigenvalue weighted by Gasteiger charge is -2.12. The highest BCUT2D eigenvalue weighted by Gasteiger charge is 2.21. The molecule has 0 unspecified atom stereocenters. The second-order valence-corrected chi connectivity index (χ2v) is 7.43. The lowest BCUT2D eigenvalue weighted by atomic mass is 9.97. The van der Waals surface area contributed by atoms with Gasteiger partial charge in [-0.3, -0.25) is 9.59 Å². The highest BCUT2D eigenvalue weighted by Crippen LogP contribution is 2.38. The molecule has 1 aliphatic rings. The number of nitrogens with zero attached hydrogens (tertiary/aromatic N) is 2. The number of amides is 2. The largest absolute Gasteiger partial charge is 0.467 e. The van der Waals surface area contributed by atoms with E-state index in [2.05, 4.69) is 15.3 Å². The van der Waals surface area contributed by atoms with Gasteiger partial charge in [0.15, 0.2) is 6.61 Å². The number of primary amides is 1. The van der Waals surface area contributed by atoms with Crippen molar-refractivity contribution in [1.29, 1.82) is 0 Å². The quantitative estimate of drug-likeness (QED) is 0.705. The van der Waals surface area contributed by atoms with Crippen LogP contribution in [0.4, 0.5) is 5.69 Å². The van der Waals surface area contributed by atoms with E-state index in [1.807, 2.05) is 0 Å². The first-order chi connectivity index (χ1) is 13.1. The summed E-state index contributed by atoms with van der Waals surface area (Å²) in [5, 5.41) is 3.67. The molecule has 0 spiro atoms. The van der Waals surface area contributed by atoms with Crippen LogP contribution in [0, 0.1) is 0 Å². The fourth-order valence-corrected chi connectivity index (χ4v) is 4.44. The molecule has 0 saturated carbocycles. The lowest BCUT2D eigenvalue weighted by Crippen LogP contribution is -2.20. The number of thiophene rings is 1. The summed E-state index contributed by atoms with van der Waals surface area (Å²) in [4.78, 5) is 34.1. The summed E-state index contributed by atoms with van der Waals surface area (Å²) in [6.07, 6.45) is 5.88. The monoisotopic (exact) mass is 382 g/mol. The van der Waals surface area contributed by atoms with Gasteiger partial charge in [0.1, 0.15) is 11.2 Å². The molecule has 0 bridgehead atoms. The number of nitrogens with one attached hydrogen (secondary N) is 1. The van der Waals surface area contributed by atoms with Gasteiger partial charge >= 0.3 is 0 Å². The second kappa shape index (κ2) is 7.32. The Bertz CT molecular complexity index is 1010. The van der Waals surface area contributed by atoms with Gasteiger partial charge in [-0.15, -0.1) is 11.3 Å². The molecule has 0 saturated heterocycles. The molecule has 1 aromatic carbocycles. The Morgan fingerprint density at radius 3 is 2.70 bits per heavy atom. The Balaban J connectivity index is 1.46. The van der Waals surface area contributed by atoms with Crippen LogP contribution < -0.4 is 15.8 Å².